The molecule has 3 nitrogen and oxygen atoms in total. The van der Waals surface area contributed by atoms with Gasteiger partial charge in [0, 0.05) is 26.4 Å². The molecule has 0 bridgehead atoms. The summed E-state index contributed by atoms with van der Waals surface area (Å²) in [5.41, 5.74) is 2.41. The molecule has 0 aromatic heterocycles. The number of hydrogen-bond acceptors (Lipinski definition) is 3. The molecule has 0 aliphatic heterocycles. The summed E-state index contributed by atoms with van der Waals surface area (Å²) >= 11 is 0. The van der Waals surface area contributed by atoms with E-state index in [1.54, 1.807) is 0 Å². The predicted molar refractivity (Wildman–Crippen MR) is 122 cm³/mol. The van der Waals surface area contributed by atoms with Gasteiger partial charge in [-0.05, 0) is 36.8 Å². The summed E-state index contributed by atoms with van der Waals surface area (Å²) in [5.74, 6) is 0. The number of hydrogen-bond donors (Lipinski definition) is 0. The number of rotatable bonds is 16. The van der Waals surface area contributed by atoms with E-state index in [1.165, 1.54) is 11.1 Å². The van der Waals surface area contributed by atoms with Crippen molar-refractivity contribution in [1.29, 1.82) is 0 Å². The highest BCUT2D eigenvalue weighted by molar-refractivity contribution is 5.49. The number of ether oxygens (including phenoxy) is 3. The minimum absolute atomic E-state index is 0.663. The van der Waals surface area contributed by atoms with Gasteiger partial charge in [-0.15, -0.1) is 0 Å². The van der Waals surface area contributed by atoms with Crippen molar-refractivity contribution in [2.24, 2.45) is 0 Å². The van der Waals surface area contributed by atoms with Crippen LogP contribution in [0.15, 0.2) is 72.8 Å². The molecule has 3 heteroatoms. The highest BCUT2D eigenvalue weighted by atomic mass is 16.5. The molecule has 0 spiro atoms. The Balaban J connectivity index is 1.29. The Morgan fingerprint density at radius 3 is 1.28 bits per heavy atom. The van der Waals surface area contributed by atoms with Crippen molar-refractivity contribution in [3.05, 3.63) is 83.9 Å². The van der Waals surface area contributed by atoms with Crippen LogP contribution in [-0.2, 0) is 14.2 Å². The smallest absolute Gasteiger partial charge is 0.0650 e. The summed E-state index contributed by atoms with van der Waals surface area (Å²) in [5, 5.41) is 0. The molecule has 0 saturated heterocycles. The lowest BCUT2D eigenvalue weighted by atomic mass is 10.2. The lowest BCUT2D eigenvalue weighted by molar-refractivity contribution is 0.100. The Labute approximate surface area is 176 Å². The molecular formula is C26H34O3. The van der Waals surface area contributed by atoms with Crippen molar-refractivity contribution in [3.63, 3.8) is 0 Å². The van der Waals surface area contributed by atoms with Crippen LogP contribution in [0.25, 0.3) is 12.2 Å². The Bertz CT molecular complexity index is 605. The Hall–Kier alpha value is -2.20. The average molecular weight is 395 g/mol. The molecule has 156 valence electrons. The second-order valence-corrected chi connectivity index (χ2v) is 6.80. The molecular weight excluding hydrogens is 360 g/mol. The average Bonchev–Trinajstić information content (AvgIpc) is 2.77. The van der Waals surface area contributed by atoms with Crippen molar-refractivity contribution in [3.8, 4) is 0 Å². The number of benzene rings is 2. The molecule has 2 rings (SSSR count). The third kappa shape index (κ3) is 12.8. The van der Waals surface area contributed by atoms with E-state index in [1.807, 2.05) is 36.4 Å². The van der Waals surface area contributed by atoms with Crippen molar-refractivity contribution >= 4 is 12.2 Å². The van der Waals surface area contributed by atoms with E-state index in [9.17, 15) is 0 Å². The maximum Gasteiger partial charge on any atom is 0.0650 e. The zero-order valence-corrected chi connectivity index (χ0v) is 17.4. The fraction of sp³-hybridized carbons (Fsp3) is 0.385. The summed E-state index contributed by atoms with van der Waals surface area (Å²) < 4.78 is 16.9. The molecule has 0 radical (unpaired) electrons. The molecule has 0 atom stereocenters. The molecule has 0 heterocycles. The van der Waals surface area contributed by atoms with Gasteiger partial charge in [-0.3, -0.25) is 0 Å². The standard InChI is InChI=1S/C26H34O3/c1-3-13-25(14-4-1)17-11-23-28-21-9-7-19-27-20-8-10-22-29-24-12-18-26-15-5-2-6-16-26/h1-6,11-18H,7-10,19-24H2/b17-11+,18-12+. The third-order valence-electron chi connectivity index (χ3n) is 4.30. The molecule has 2 aromatic rings. The topological polar surface area (TPSA) is 27.7 Å². The van der Waals surface area contributed by atoms with Crippen molar-refractivity contribution < 1.29 is 14.2 Å². The third-order valence-corrected chi connectivity index (χ3v) is 4.30. The minimum atomic E-state index is 0.663. The van der Waals surface area contributed by atoms with E-state index in [4.69, 9.17) is 14.2 Å². The van der Waals surface area contributed by atoms with Gasteiger partial charge in [0.25, 0.3) is 0 Å². The second-order valence-electron chi connectivity index (χ2n) is 6.80. The van der Waals surface area contributed by atoms with Crippen molar-refractivity contribution in [1.82, 2.24) is 0 Å². The van der Waals surface area contributed by atoms with E-state index >= 15 is 0 Å². The van der Waals surface area contributed by atoms with E-state index in [-0.39, 0.29) is 0 Å². The van der Waals surface area contributed by atoms with Gasteiger partial charge in [0.1, 0.15) is 0 Å². The van der Waals surface area contributed by atoms with E-state index in [2.05, 4.69) is 48.6 Å². The molecule has 0 unspecified atom stereocenters. The molecule has 0 fully saturated rings. The highest BCUT2D eigenvalue weighted by Crippen LogP contribution is 2.02. The first-order chi connectivity index (χ1) is 14.4. The van der Waals surface area contributed by atoms with Crippen LogP contribution in [0, 0.1) is 0 Å². The van der Waals surface area contributed by atoms with Crippen LogP contribution in [0.5, 0.6) is 0 Å². The predicted octanol–water partition coefficient (Wildman–Crippen LogP) is 6.02. The first-order valence-corrected chi connectivity index (χ1v) is 10.6. The maximum absolute atomic E-state index is 5.67. The molecule has 0 amide bonds. The van der Waals surface area contributed by atoms with Crippen LogP contribution in [0.2, 0.25) is 0 Å². The van der Waals surface area contributed by atoms with Gasteiger partial charge in [0.2, 0.25) is 0 Å². The van der Waals surface area contributed by atoms with Gasteiger partial charge < -0.3 is 14.2 Å². The molecule has 0 N–H and O–H groups in total. The van der Waals surface area contributed by atoms with Gasteiger partial charge in [-0.1, -0.05) is 85.0 Å². The summed E-state index contributed by atoms with van der Waals surface area (Å²) in [6, 6.07) is 20.6. The zero-order valence-electron chi connectivity index (χ0n) is 17.4. The SMILES string of the molecule is C(=C\c1ccccc1)/COCCCCOCCCCOC/C=C/c1ccccc1. The fourth-order valence-electron chi connectivity index (χ4n) is 2.72. The van der Waals surface area contributed by atoms with Crippen LogP contribution in [0.3, 0.4) is 0 Å². The highest BCUT2D eigenvalue weighted by Gasteiger charge is 1.93. The normalized spacial score (nSPS) is 11.6. The van der Waals surface area contributed by atoms with Gasteiger partial charge in [0.05, 0.1) is 13.2 Å². The fourth-order valence-corrected chi connectivity index (χ4v) is 2.72. The first-order valence-electron chi connectivity index (χ1n) is 10.6. The monoisotopic (exact) mass is 394 g/mol. The van der Waals surface area contributed by atoms with Crippen LogP contribution in [0.1, 0.15) is 36.8 Å². The van der Waals surface area contributed by atoms with Gasteiger partial charge >= 0.3 is 0 Å². The first kappa shape index (κ1) is 23.1. The van der Waals surface area contributed by atoms with Gasteiger partial charge in [-0.25, -0.2) is 0 Å². The molecule has 0 aliphatic rings. The molecule has 0 saturated carbocycles. The Morgan fingerprint density at radius 2 is 0.862 bits per heavy atom. The molecule has 29 heavy (non-hydrogen) atoms. The second kappa shape index (κ2) is 16.7. The van der Waals surface area contributed by atoms with Crippen molar-refractivity contribution in [2.75, 3.05) is 39.6 Å². The Morgan fingerprint density at radius 1 is 0.483 bits per heavy atom. The van der Waals surface area contributed by atoms with Gasteiger partial charge in [-0.2, -0.15) is 0 Å². The maximum atomic E-state index is 5.67. The zero-order chi connectivity index (χ0) is 20.2. The quantitative estimate of drug-likeness (QED) is 0.326. The summed E-state index contributed by atoms with van der Waals surface area (Å²) in [4.78, 5) is 0. The van der Waals surface area contributed by atoms with E-state index in [0.29, 0.717) is 13.2 Å². The van der Waals surface area contributed by atoms with E-state index < -0.39 is 0 Å². The van der Waals surface area contributed by atoms with Gasteiger partial charge in [0.15, 0.2) is 0 Å². The summed E-state index contributed by atoms with van der Waals surface area (Å²) in [7, 11) is 0. The lowest BCUT2D eigenvalue weighted by Gasteiger charge is -2.05. The summed E-state index contributed by atoms with van der Waals surface area (Å²) in [6.45, 7) is 4.51. The summed E-state index contributed by atoms with van der Waals surface area (Å²) in [6.07, 6.45) is 12.5. The Kier molecular flexibility index (Phi) is 13.3. The van der Waals surface area contributed by atoms with Crippen molar-refractivity contribution in [2.45, 2.75) is 25.7 Å². The van der Waals surface area contributed by atoms with E-state index in [0.717, 1.165) is 52.1 Å². The van der Waals surface area contributed by atoms with Crippen LogP contribution < -0.4 is 0 Å². The largest absolute Gasteiger partial charge is 0.381 e. The van der Waals surface area contributed by atoms with Crippen LogP contribution in [-0.4, -0.2) is 39.6 Å². The van der Waals surface area contributed by atoms with Crippen LogP contribution >= 0.6 is 0 Å². The number of unbranched alkanes of at least 4 members (excludes halogenated alkanes) is 2. The molecule has 0 aliphatic carbocycles. The van der Waals surface area contributed by atoms with Crippen LogP contribution in [0.4, 0.5) is 0 Å². The molecule has 2 aromatic carbocycles. The minimum Gasteiger partial charge on any atom is -0.381 e. The lowest BCUT2D eigenvalue weighted by Crippen LogP contribution is -2.02.